The Kier molecular flexibility index (Phi) is 4.56. The van der Waals surface area contributed by atoms with Crippen LogP contribution in [-0.4, -0.2) is 31.3 Å². The number of hydrogen-bond acceptors (Lipinski definition) is 2. The summed E-state index contributed by atoms with van der Waals surface area (Å²) in [5.41, 5.74) is 0. The van der Waals surface area contributed by atoms with Crippen LogP contribution in [0.15, 0.2) is 0 Å². The molecule has 2 heteroatoms. The monoisotopic (exact) mass is 114 g/mol. The molecule has 0 aromatic rings. The van der Waals surface area contributed by atoms with Crippen LogP contribution in [0.3, 0.4) is 0 Å². The Balaban J connectivity index is 3.03. The van der Waals surface area contributed by atoms with Crippen molar-refractivity contribution in [2.45, 2.75) is 13.3 Å². The molecule has 0 fully saturated rings. The molecule has 0 amide bonds. The molecular formula is C6H12NO. The van der Waals surface area contributed by atoms with Gasteiger partial charge in [0.1, 0.15) is 0 Å². The molecule has 0 aliphatic rings. The summed E-state index contributed by atoms with van der Waals surface area (Å²) >= 11 is 0. The Morgan fingerprint density at radius 3 is 2.62 bits per heavy atom. The van der Waals surface area contributed by atoms with Gasteiger partial charge in [-0.1, -0.05) is 6.92 Å². The van der Waals surface area contributed by atoms with Gasteiger partial charge in [-0.2, -0.15) is 0 Å². The van der Waals surface area contributed by atoms with E-state index in [0.29, 0.717) is 6.54 Å². The first-order valence-corrected chi connectivity index (χ1v) is 2.84. The summed E-state index contributed by atoms with van der Waals surface area (Å²) in [5, 5.41) is 0. The summed E-state index contributed by atoms with van der Waals surface area (Å²) in [7, 11) is 1.91. The summed E-state index contributed by atoms with van der Waals surface area (Å²) in [6.45, 7) is 3.50. The summed E-state index contributed by atoms with van der Waals surface area (Å²) in [5.74, 6) is 0. The van der Waals surface area contributed by atoms with Crippen LogP contribution in [-0.2, 0) is 4.79 Å². The van der Waals surface area contributed by atoms with Gasteiger partial charge in [0.2, 0.25) is 6.29 Å². The highest BCUT2D eigenvalue weighted by Gasteiger charge is 1.91. The van der Waals surface area contributed by atoms with Crippen LogP contribution < -0.4 is 0 Å². The third-order valence-electron chi connectivity index (χ3n) is 0.940. The lowest BCUT2D eigenvalue weighted by Gasteiger charge is -2.08. The van der Waals surface area contributed by atoms with Crippen molar-refractivity contribution in [3.05, 3.63) is 0 Å². The van der Waals surface area contributed by atoms with Crippen LogP contribution in [0.25, 0.3) is 0 Å². The molecule has 0 bridgehead atoms. The maximum absolute atomic E-state index is 9.72. The number of nitrogens with zero attached hydrogens (tertiary/aromatic N) is 1. The minimum atomic E-state index is 0.438. The molecular weight excluding hydrogens is 102 g/mol. The Bertz CT molecular complexity index is 63.5. The van der Waals surface area contributed by atoms with Crippen LogP contribution >= 0.6 is 0 Å². The van der Waals surface area contributed by atoms with Crippen molar-refractivity contribution in [3.8, 4) is 0 Å². The van der Waals surface area contributed by atoms with Gasteiger partial charge in [0, 0.05) is 0 Å². The largest absolute Gasteiger partial charge is 0.299 e. The van der Waals surface area contributed by atoms with Gasteiger partial charge < -0.3 is 0 Å². The van der Waals surface area contributed by atoms with E-state index >= 15 is 0 Å². The van der Waals surface area contributed by atoms with Gasteiger partial charge in [0.05, 0.1) is 6.54 Å². The normalized spacial score (nSPS) is 9.88. The Hall–Kier alpha value is -0.370. The SMILES string of the molecule is CCCN(C)C[C]=O. The molecule has 0 aliphatic heterocycles. The van der Waals surface area contributed by atoms with Crippen molar-refractivity contribution in [2.24, 2.45) is 0 Å². The van der Waals surface area contributed by atoms with E-state index in [-0.39, 0.29) is 0 Å². The smallest absolute Gasteiger partial charge is 0.213 e. The molecule has 2 nitrogen and oxygen atoms in total. The highest BCUT2D eigenvalue weighted by molar-refractivity contribution is 5.52. The van der Waals surface area contributed by atoms with Crippen molar-refractivity contribution < 1.29 is 4.79 Å². The van der Waals surface area contributed by atoms with Crippen LogP contribution in [0.1, 0.15) is 13.3 Å². The fraction of sp³-hybridized carbons (Fsp3) is 0.833. The average Bonchev–Trinajstić information content (AvgIpc) is 1.68. The molecule has 47 valence electrons. The van der Waals surface area contributed by atoms with E-state index in [2.05, 4.69) is 6.92 Å². The van der Waals surface area contributed by atoms with Gasteiger partial charge >= 0.3 is 0 Å². The van der Waals surface area contributed by atoms with Gasteiger partial charge in [-0.3, -0.25) is 9.69 Å². The molecule has 0 heterocycles. The lowest BCUT2D eigenvalue weighted by Crippen LogP contribution is -2.20. The summed E-state index contributed by atoms with van der Waals surface area (Å²) in [6, 6.07) is 0. The number of hydrogen-bond donors (Lipinski definition) is 0. The Labute approximate surface area is 50.5 Å². The van der Waals surface area contributed by atoms with Crippen molar-refractivity contribution in [2.75, 3.05) is 20.1 Å². The van der Waals surface area contributed by atoms with Crippen LogP contribution in [0, 0.1) is 0 Å². The molecule has 0 atom stereocenters. The standard InChI is InChI=1S/C6H12NO/c1-3-4-7(2)5-6-8/h3-5H2,1-2H3. The fourth-order valence-electron chi connectivity index (χ4n) is 0.571. The lowest BCUT2D eigenvalue weighted by molar-refractivity contribution is 0.372. The van der Waals surface area contributed by atoms with E-state index in [9.17, 15) is 4.79 Å². The van der Waals surface area contributed by atoms with E-state index in [0.717, 1.165) is 13.0 Å². The van der Waals surface area contributed by atoms with Gasteiger partial charge in [0.15, 0.2) is 0 Å². The average molecular weight is 114 g/mol. The summed E-state index contributed by atoms with van der Waals surface area (Å²) in [4.78, 5) is 11.7. The highest BCUT2D eigenvalue weighted by Crippen LogP contribution is 1.81. The van der Waals surface area contributed by atoms with Crippen molar-refractivity contribution in [1.82, 2.24) is 4.90 Å². The van der Waals surface area contributed by atoms with Gasteiger partial charge in [-0.05, 0) is 20.0 Å². The number of rotatable bonds is 4. The van der Waals surface area contributed by atoms with Crippen LogP contribution in [0.2, 0.25) is 0 Å². The molecule has 8 heavy (non-hydrogen) atoms. The second-order valence-electron chi connectivity index (χ2n) is 1.88. The highest BCUT2D eigenvalue weighted by atomic mass is 16.1. The molecule has 0 N–H and O–H groups in total. The van der Waals surface area contributed by atoms with Crippen molar-refractivity contribution >= 4 is 6.29 Å². The summed E-state index contributed by atoms with van der Waals surface area (Å²) in [6.07, 6.45) is 2.92. The fourth-order valence-corrected chi connectivity index (χ4v) is 0.571. The predicted molar refractivity (Wildman–Crippen MR) is 33.5 cm³/mol. The molecule has 0 rings (SSSR count). The first kappa shape index (κ1) is 7.63. The minimum absolute atomic E-state index is 0.438. The van der Waals surface area contributed by atoms with Crippen LogP contribution in [0.4, 0.5) is 0 Å². The van der Waals surface area contributed by atoms with Crippen molar-refractivity contribution in [3.63, 3.8) is 0 Å². The summed E-state index contributed by atoms with van der Waals surface area (Å²) < 4.78 is 0. The second-order valence-corrected chi connectivity index (χ2v) is 1.88. The van der Waals surface area contributed by atoms with E-state index in [1.54, 1.807) is 0 Å². The molecule has 0 aromatic heterocycles. The molecule has 0 aliphatic carbocycles. The molecule has 0 saturated carbocycles. The van der Waals surface area contributed by atoms with Gasteiger partial charge in [-0.15, -0.1) is 0 Å². The minimum Gasteiger partial charge on any atom is -0.299 e. The number of carbonyl (C=O) groups excluding carboxylic acids is 1. The predicted octanol–water partition coefficient (Wildman–Crippen LogP) is 0.438. The zero-order chi connectivity index (χ0) is 6.41. The topological polar surface area (TPSA) is 20.3 Å². The zero-order valence-electron chi connectivity index (χ0n) is 5.48. The molecule has 1 radical (unpaired) electrons. The first-order chi connectivity index (χ1) is 3.81. The molecule has 0 unspecified atom stereocenters. The van der Waals surface area contributed by atoms with Gasteiger partial charge in [-0.25, -0.2) is 0 Å². The molecule has 0 spiro atoms. The number of likely N-dealkylation sites (N-methyl/N-ethyl adjacent to an activating group) is 1. The van der Waals surface area contributed by atoms with Gasteiger partial charge in [0.25, 0.3) is 0 Å². The molecule has 0 saturated heterocycles. The van der Waals surface area contributed by atoms with E-state index in [1.807, 2.05) is 18.2 Å². The van der Waals surface area contributed by atoms with Crippen LogP contribution in [0.5, 0.6) is 0 Å². The third-order valence-corrected chi connectivity index (χ3v) is 0.940. The Morgan fingerprint density at radius 2 is 2.25 bits per heavy atom. The third kappa shape index (κ3) is 3.81. The van der Waals surface area contributed by atoms with E-state index < -0.39 is 0 Å². The lowest BCUT2D eigenvalue weighted by atomic mass is 10.4. The quantitative estimate of drug-likeness (QED) is 0.528. The second kappa shape index (κ2) is 4.78. The first-order valence-electron chi connectivity index (χ1n) is 2.84. The molecule has 0 aromatic carbocycles. The van der Waals surface area contributed by atoms with Crippen molar-refractivity contribution in [1.29, 1.82) is 0 Å². The van der Waals surface area contributed by atoms with E-state index in [4.69, 9.17) is 0 Å². The maximum Gasteiger partial charge on any atom is 0.213 e. The zero-order valence-corrected chi connectivity index (χ0v) is 5.48. The van der Waals surface area contributed by atoms with E-state index in [1.165, 1.54) is 0 Å². The Morgan fingerprint density at radius 1 is 1.62 bits per heavy atom. The maximum atomic E-state index is 9.72.